The van der Waals surface area contributed by atoms with E-state index in [4.69, 9.17) is 0 Å². The largest absolute Gasteiger partial charge is 0.370 e. The molecule has 2 rings (SSSR count). The van der Waals surface area contributed by atoms with Gasteiger partial charge in [0.15, 0.2) is 5.78 Å². The van der Waals surface area contributed by atoms with Gasteiger partial charge in [0.25, 0.3) is 0 Å². The van der Waals surface area contributed by atoms with Crippen LogP contribution in [0, 0.1) is 6.92 Å². The zero-order valence-electron chi connectivity index (χ0n) is 12.1. The van der Waals surface area contributed by atoms with Gasteiger partial charge >= 0.3 is 0 Å². The molecule has 1 atom stereocenters. The number of hydrogen-bond donors (Lipinski definition) is 1. The molecule has 4 heteroatoms. The number of carbonyl (C=O) groups is 1. The van der Waals surface area contributed by atoms with Crippen molar-refractivity contribution in [3.8, 4) is 0 Å². The van der Waals surface area contributed by atoms with Crippen LogP contribution in [0.15, 0.2) is 37.1 Å². The summed E-state index contributed by atoms with van der Waals surface area (Å²) in [5, 5.41) is 3.42. The molecular weight excluding hydrogens is 250 g/mol. The number of rotatable bonds is 5. The average Bonchev–Trinajstić information content (AvgIpc) is 2.86. The third kappa shape index (κ3) is 3.07. The third-order valence-electron chi connectivity index (χ3n) is 3.65. The summed E-state index contributed by atoms with van der Waals surface area (Å²) in [6.45, 7) is 13.0. The number of ketones is 1. The Kier molecular flexibility index (Phi) is 4.23. The maximum Gasteiger partial charge on any atom is 0.161 e. The fraction of sp³-hybridized carbons (Fsp3) is 0.375. The van der Waals surface area contributed by atoms with Crippen molar-refractivity contribution >= 4 is 11.6 Å². The molecule has 1 fully saturated rings. The number of nitrogens with zero attached hydrogens (tertiary/aromatic N) is 2. The number of aromatic nitrogens is 1. The number of carbonyl (C=O) groups excluding carboxylic acids is 1. The van der Waals surface area contributed by atoms with Crippen molar-refractivity contribution in [2.24, 2.45) is 0 Å². The van der Waals surface area contributed by atoms with E-state index < -0.39 is 0 Å². The molecule has 1 N–H and O–H groups in total. The number of anilines is 1. The molecule has 0 saturated carbocycles. The van der Waals surface area contributed by atoms with Crippen LogP contribution in [-0.2, 0) is 0 Å². The summed E-state index contributed by atoms with van der Waals surface area (Å²) in [4.78, 5) is 18.1. The van der Waals surface area contributed by atoms with Gasteiger partial charge in [-0.25, -0.2) is 4.98 Å². The van der Waals surface area contributed by atoms with Gasteiger partial charge in [-0.1, -0.05) is 13.2 Å². The van der Waals surface area contributed by atoms with Gasteiger partial charge in [0.1, 0.15) is 5.82 Å². The third-order valence-corrected chi connectivity index (χ3v) is 3.65. The first-order valence-electron chi connectivity index (χ1n) is 6.82. The number of nitrogens with one attached hydrogen (secondary N) is 1. The van der Waals surface area contributed by atoms with Crippen LogP contribution in [-0.4, -0.2) is 34.8 Å². The standard InChI is InChI=1S/C16H21N3O/c1-5-11(2)19-9-8-14(10-19)18-16-7-6-15(13(4)20)12(3)17-16/h5-7,14H,1-2,8-10H2,3-4H3,(H,17,18). The summed E-state index contributed by atoms with van der Waals surface area (Å²) in [7, 11) is 0. The minimum Gasteiger partial charge on any atom is -0.370 e. The maximum absolute atomic E-state index is 11.4. The Labute approximate surface area is 120 Å². The molecule has 0 aromatic carbocycles. The van der Waals surface area contributed by atoms with Crippen LogP contribution in [0.25, 0.3) is 0 Å². The highest BCUT2D eigenvalue weighted by atomic mass is 16.1. The fourth-order valence-electron chi connectivity index (χ4n) is 2.49. The number of pyridine rings is 1. The summed E-state index contributed by atoms with van der Waals surface area (Å²) in [6, 6.07) is 4.05. The average molecular weight is 271 g/mol. The Morgan fingerprint density at radius 3 is 2.90 bits per heavy atom. The summed E-state index contributed by atoms with van der Waals surface area (Å²) in [5.41, 5.74) is 2.42. The Bertz CT molecular complexity index is 551. The van der Waals surface area contributed by atoms with Crippen molar-refractivity contribution in [1.82, 2.24) is 9.88 Å². The van der Waals surface area contributed by atoms with Crippen LogP contribution >= 0.6 is 0 Å². The van der Waals surface area contributed by atoms with Gasteiger partial charge in [0.2, 0.25) is 0 Å². The molecule has 1 aromatic rings. The molecule has 0 spiro atoms. The van der Waals surface area contributed by atoms with E-state index in [-0.39, 0.29) is 5.78 Å². The second kappa shape index (κ2) is 5.90. The van der Waals surface area contributed by atoms with Crippen LogP contribution in [0.3, 0.4) is 0 Å². The van der Waals surface area contributed by atoms with E-state index in [1.165, 1.54) is 0 Å². The molecule has 106 valence electrons. The Morgan fingerprint density at radius 1 is 1.55 bits per heavy atom. The van der Waals surface area contributed by atoms with E-state index in [0.717, 1.165) is 36.7 Å². The highest BCUT2D eigenvalue weighted by Crippen LogP contribution is 2.19. The van der Waals surface area contributed by atoms with Gasteiger partial charge in [-0.2, -0.15) is 0 Å². The van der Waals surface area contributed by atoms with Crippen LogP contribution < -0.4 is 5.32 Å². The fourth-order valence-corrected chi connectivity index (χ4v) is 2.49. The molecule has 1 saturated heterocycles. The molecule has 0 aliphatic carbocycles. The zero-order chi connectivity index (χ0) is 14.7. The lowest BCUT2D eigenvalue weighted by Crippen LogP contribution is -2.25. The number of aryl methyl sites for hydroxylation is 1. The molecule has 4 nitrogen and oxygen atoms in total. The quantitative estimate of drug-likeness (QED) is 0.660. The molecule has 1 aliphatic heterocycles. The molecule has 0 amide bonds. The number of likely N-dealkylation sites (tertiary alicyclic amines) is 1. The summed E-state index contributed by atoms with van der Waals surface area (Å²) < 4.78 is 0. The van der Waals surface area contributed by atoms with E-state index in [1.54, 1.807) is 13.0 Å². The molecule has 1 aromatic heterocycles. The second-order valence-electron chi connectivity index (χ2n) is 5.16. The van der Waals surface area contributed by atoms with Crippen molar-refractivity contribution in [2.45, 2.75) is 26.3 Å². The molecule has 1 aliphatic rings. The molecular formula is C16H21N3O. The van der Waals surface area contributed by atoms with E-state index in [0.29, 0.717) is 11.6 Å². The lowest BCUT2D eigenvalue weighted by atomic mass is 10.1. The molecule has 2 heterocycles. The van der Waals surface area contributed by atoms with Gasteiger partial charge in [-0.15, -0.1) is 0 Å². The van der Waals surface area contributed by atoms with Crippen LogP contribution in [0.1, 0.15) is 29.4 Å². The predicted molar refractivity (Wildman–Crippen MR) is 81.9 cm³/mol. The van der Waals surface area contributed by atoms with Crippen LogP contribution in [0.2, 0.25) is 0 Å². The van der Waals surface area contributed by atoms with Gasteiger partial charge in [0, 0.05) is 30.4 Å². The minimum absolute atomic E-state index is 0.0517. The number of Topliss-reactive ketones (excluding diaryl/α,β-unsaturated/α-hetero) is 1. The first-order valence-corrected chi connectivity index (χ1v) is 6.82. The summed E-state index contributed by atoms with van der Waals surface area (Å²) >= 11 is 0. The summed E-state index contributed by atoms with van der Waals surface area (Å²) in [5.74, 6) is 0.874. The van der Waals surface area contributed by atoms with Crippen molar-refractivity contribution < 1.29 is 4.79 Å². The number of allylic oxidation sites excluding steroid dienone is 1. The van der Waals surface area contributed by atoms with Crippen LogP contribution in [0.4, 0.5) is 5.82 Å². The Balaban J connectivity index is 2.01. The minimum atomic E-state index is 0.0517. The van der Waals surface area contributed by atoms with Gasteiger partial charge in [-0.3, -0.25) is 4.79 Å². The van der Waals surface area contributed by atoms with Crippen molar-refractivity contribution in [3.05, 3.63) is 48.3 Å². The van der Waals surface area contributed by atoms with Crippen molar-refractivity contribution in [2.75, 3.05) is 18.4 Å². The Hall–Kier alpha value is -2.10. The van der Waals surface area contributed by atoms with E-state index in [2.05, 4.69) is 28.4 Å². The first kappa shape index (κ1) is 14.3. The number of hydrogen-bond acceptors (Lipinski definition) is 4. The lowest BCUT2D eigenvalue weighted by Gasteiger charge is -2.19. The van der Waals surface area contributed by atoms with Crippen molar-refractivity contribution in [3.63, 3.8) is 0 Å². The highest BCUT2D eigenvalue weighted by Gasteiger charge is 2.22. The highest BCUT2D eigenvalue weighted by molar-refractivity contribution is 5.95. The first-order chi connectivity index (χ1) is 9.51. The topological polar surface area (TPSA) is 45.2 Å². The predicted octanol–water partition coefficient (Wildman–Crippen LogP) is 2.78. The van der Waals surface area contributed by atoms with Gasteiger partial charge in [-0.05, 0) is 38.5 Å². The van der Waals surface area contributed by atoms with Crippen molar-refractivity contribution in [1.29, 1.82) is 0 Å². The van der Waals surface area contributed by atoms with E-state index >= 15 is 0 Å². The van der Waals surface area contributed by atoms with E-state index in [9.17, 15) is 4.79 Å². The zero-order valence-corrected chi connectivity index (χ0v) is 12.1. The lowest BCUT2D eigenvalue weighted by molar-refractivity contribution is 0.101. The normalized spacial score (nSPS) is 17.9. The second-order valence-corrected chi connectivity index (χ2v) is 5.16. The molecule has 20 heavy (non-hydrogen) atoms. The van der Waals surface area contributed by atoms with Gasteiger partial charge in [0.05, 0.1) is 5.69 Å². The Morgan fingerprint density at radius 2 is 2.30 bits per heavy atom. The smallest absolute Gasteiger partial charge is 0.161 e. The molecule has 0 bridgehead atoms. The van der Waals surface area contributed by atoms with Crippen LogP contribution in [0.5, 0.6) is 0 Å². The maximum atomic E-state index is 11.4. The van der Waals surface area contributed by atoms with E-state index in [1.807, 2.05) is 19.1 Å². The monoisotopic (exact) mass is 271 g/mol. The SMILES string of the molecule is C=CC(=C)N1CCC(Nc2ccc(C(C)=O)c(C)n2)C1. The summed E-state index contributed by atoms with van der Waals surface area (Å²) in [6.07, 6.45) is 2.83. The van der Waals surface area contributed by atoms with Gasteiger partial charge < -0.3 is 10.2 Å². The molecule has 0 radical (unpaired) electrons. The molecule has 1 unspecified atom stereocenters.